The van der Waals surface area contributed by atoms with Crippen LogP contribution in [-0.4, -0.2) is 9.38 Å². The molecule has 13 heavy (non-hydrogen) atoms. The first-order valence-electron chi connectivity index (χ1n) is 4.62. The maximum Gasteiger partial charge on any atom is 0.139 e. The third-order valence-corrected chi connectivity index (χ3v) is 2.47. The van der Waals surface area contributed by atoms with E-state index in [0.29, 0.717) is 5.92 Å². The molecule has 68 valence electrons. The van der Waals surface area contributed by atoms with E-state index in [1.165, 1.54) is 11.1 Å². The van der Waals surface area contributed by atoms with Gasteiger partial charge in [-0.25, -0.2) is 4.98 Å². The highest BCUT2D eigenvalue weighted by Gasteiger charge is 2.06. The fourth-order valence-electron chi connectivity index (χ4n) is 1.76. The van der Waals surface area contributed by atoms with Crippen molar-refractivity contribution in [3.63, 3.8) is 0 Å². The lowest BCUT2D eigenvalue weighted by Gasteiger charge is -2.09. The van der Waals surface area contributed by atoms with Gasteiger partial charge in [0.15, 0.2) is 0 Å². The van der Waals surface area contributed by atoms with E-state index in [1.54, 1.807) is 0 Å². The monoisotopic (exact) mass is 174 g/mol. The molecule has 0 bridgehead atoms. The standard InChI is InChI=1S/C11H14N2/c1-8(2)10-4-6-13-7-5-12-11(13)9(10)3/h4-8H,1-3H3. The zero-order valence-electron chi connectivity index (χ0n) is 8.28. The number of hydrogen-bond donors (Lipinski definition) is 0. The van der Waals surface area contributed by atoms with E-state index in [9.17, 15) is 0 Å². The number of aryl methyl sites for hydroxylation is 1. The van der Waals surface area contributed by atoms with Crippen molar-refractivity contribution in [3.8, 4) is 0 Å². The SMILES string of the molecule is Cc1c(C(C)C)ccn2ccnc12. The molecule has 2 heteroatoms. The van der Waals surface area contributed by atoms with Gasteiger partial charge < -0.3 is 4.40 Å². The van der Waals surface area contributed by atoms with Crippen molar-refractivity contribution < 1.29 is 0 Å². The van der Waals surface area contributed by atoms with Gasteiger partial charge >= 0.3 is 0 Å². The summed E-state index contributed by atoms with van der Waals surface area (Å²) in [4.78, 5) is 4.32. The molecule has 2 aromatic rings. The van der Waals surface area contributed by atoms with Crippen molar-refractivity contribution >= 4 is 5.65 Å². The second-order valence-electron chi connectivity index (χ2n) is 3.71. The van der Waals surface area contributed by atoms with Crippen LogP contribution >= 0.6 is 0 Å². The molecule has 2 rings (SSSR count). The van der Waals surface area contributed by atoms with E-state index in [0.717, 1.165) is 5.65 Å². The molecule has 0 aliphatic heterocycles. The Morgan fingerprint density at radius 1 is 1.31 bits per heavy atom. The summed E-state index contributed by atoms with van der Waals surface area (Å²) < 4.78 is 2.06. The lowest BCUT2D eigenvalue weighted by Crippen LogP contribution is -1.96. The first-order chi connectivity index (χ1) is 6.20. The van der Waals surface area contributed by atoms with Gasteiger partial charge in [0.05, 0.1) is 0 Å². The van der Waals surface area contributed by atoms with Gasteiger partial charge in [0.2, 0.25) is 0 Å². The van der Waals surface area contributed by atoms with Crippen LogP contribution in [0.2, 0.25) is 0 Å². The number of nitrogens with zero attached hydrogens (tertiary/aromatic N) is 2. The summed E-state index contributed by atoms with van der Waals surface area (Å²) in [6, 6.07) is 2.18. The van der Waals surface area contributed by atoms with E-state index in [-0.39, 0.29) is 0 Å². The lowest BCUT2D eigenvalue weighted by molar-refractivity contribution is 0.852. The van der Waals surface area contributed by atoms with Gasteiger partial charge in [0, 0.05) is 18.6 Å². The van der Waals surface area contributed by atoms with Crippen LogP contribution in [0.3, 0.4) is 0 Å². The van der Waals surface area contributed by atoms with Crippen LogP contribution in [0.15, 0.2) is 24.7 Å². The number of rotatable bonds is 1. The molecular formula is C11H14N2. The minimum atomic E-state index is 0.571. The Bertz CT molecular complexity index is 427. The fourth-order valence-corrected chi connectivity index (χ4v) is 1.76. The van der Waals surface area contributed by atoms with Gasteiger partial charge in [-0.1, -0.05) is 13.8 Å². The van der Waals surface area contributed by atoms with Crippen molar-refractivity contribution in [1.82, 2.24) is 9.38 Å². The lowest BCUT2D eigenvalue weighted by atomic mass is 10.00. The molecule has 0 N–H and O–H groups in total. The zero-order valence-corrected chi connectivity index (χ0v) is 8.28. The Morgan fingerprint density at radius 2 is 2.08 bits per heavy atom. The smallest absolute Gasteiger partial charge is 0.139 e. The van der Waals surface area contributed by atoms with Crippen LogP contribution in [-0.2, 0) is 0 Å². The highest BCUT2D eigenvalue weighted by atomic mass is 15.0. The summed E-state index contributed by atoms with van der Waals surface area (Å²) in [5, 5.41) is 0. The van der Waals surface area contributed by atoms with Crippen molar-refractivity contribution in [1.29, 1.82) is 0 Å². The molecule has 0 fully saturated rings. The van der Waals surface area contributed by atoms with Gasteiger partial charge in [-0.2, -0.15) is 0 Å². The molecule has 0 radical (unpaired) electrons. The van der Waals surface area contributed by atoms with Gasteiger partial charge in [0.25, 0.3) is 0 Å². The van der Waals surface area contributed by atoms with Crippen LogP contribution in [0.25, 0.3) is 5.65 Å². The molecule has 0 saturated carbocycles. The predicted octanol–water partition coefficient (Wildman–Crippen LogP) is 2.77. The zero-order chi connectivity index (χ0) is 9.42. The Balaban J connectivity index is 2.73. The Labute approximate surface area is 78.2 Å². The molecule has 2 aromatic heterocycles. The molecule has 0 aromatic carbocycles. The molecule has 2 nitrogen and oxygen atoms in total. The maximum absolute atomic E-state index is 4.32. The van der Waals surface area contributed by atoms with E-state index in [4.69, 9.17) is 0 Å². The highest BCUT2D eigenvalue weighted by molar-refractivity contribution is 5.51. The summed E-state index contributed by atoms with van der Waals surface area (Å²) in [5.41, 5.74) is 3.76. The molecule has 0 atom stereocenters. The topological polar surface area (TPSA) is 17.3 Å². The first-order valence-corrected chi connectivity index (χ1v) is 4.62. The Hall–Kier alpha value is -1.31. The third-order valence-electron chi connectivity index (χ3n) is 2.47. The largest absolute Gasteiger partial charge is 0.307 e. The molecule has 2 heterocycles. The molecule has 0 spiro atoms. The average molecular weight is 174 g/mol. The van der Waals surface area contributed by atoms with E-state index < -0.39 is 0 Å². The second kappa shape index (κ2) is 2.87. The summed E-state index contributed by atoms with van der Waals surface area (Å²) in [7, 11) is 0. The fraction of sp³-hybridized carbons (Fsp3) is 0.364. The van der Waals surface area contributed by atoms with Gasteiger partial charge in [-0.05, 0) is 30.0 Å². The number of hydrogen-bond acceptors (Lipinski definition) is 1. The molecule has 0 unspecified atom stereocenters. The van der Waals surface area contributed by atoms with Crippen LogP contribution in [0.4, 0.5) is 0 Å². The number of imidazole rings is 1. The Morgan fingerprint density at radius 3 is 2.77 bits per heavy atom. The summed E-state index contributed by atoms with van der Waals surface area (Å²) >= 11 is 0. The van der Waals surface area contributed by atoms with Gasteiger partial charge in [-0.15, -0.1) is 0 Å². The molecule has 0 aliphatic carbocycles. The number of fused-ring (bicyclic) bond motifs is 1. The van der Waals surface area contributed by atoms with Crippen LogP contribution in [0.5, 0.6) is 0 Å². The Kier molecular flexibility index (Phi) is 1.83. The minimum absolute atomic E-state index is 0.571. The number of aromatic nitrogens is 2. The van der Waals surface area contributed by atoms with Crippen molar-refractivity contribution in [3.05, 3.63) is 35.8 Å². The normalized spacial score (nSPS) is 11.4. The van der Waals surface area contributed by atoms with Crippen LogP contribution in [0.1, 0.15) is 30.9 Å². The van der Waals surface area contributed by atoms with E-state index in [2.05, 4.69) is 42.4 Å². The summed E-state index contributed by atoms with van der Waals surface area (Å²) in [6.07, 6.45) is 5.89. The highest BCUT2D eigenvalue weighted by Crippen LogP contribution is 2.21. The average Bonchev–Trinajstić information content (AvgIpc) is 2.52. The minimum Gasteiger partial charge on any atom is -0.307 e. The quantitative estimate of drug-likeness (QED) is 0.649. The second-order valence-corrected chi connectivity index (χ2v) is 3.71. The van der Waals surface area contributed by atoms with Gasteiger partial charge in [-0.3, -0.25) is 0 Å². The van der Waals surface area contributed by atoms with Crippen LogP contribution in [0, 0.1) is 6.92 Å². The molecule has 0 aliphatic rings. The summed E-state index contributed by atoms with van der Waals surface area (Å²) in [6.45, 7) is 6.56. The predicted molar refractivity (Wildman–Crippen MR) is 54.0 cm³/mol. The van der Waals surface area contributed by atoms with E-state index in [1.807, 2.05) is 12.4 Å². The summed E-state index contributed by atoms with van der Waals surface area (Å²) in [5.74, 6) is 0.571. The maximum atomic E-state index is 4.32. The molecule has 0 amide bonds. The molecule has 0 saturated heterocycles. The molecular weight excluding hydrogens is 160 g/mol. The third kappa shape index (κ3) is 1.22. The van der Waals surface area contributed by atoms with E-state index >= 15 is 0 Å². The first kappa shape index (κ1) is 8.30. The van der Waals surface area contributed by atoms with Crippen LogP contribution < -0.4 is 0 Å². The number of pyridine rings is 1. The van der Waals surface area contributed by atoms with Crippen molar-refractivity contribution in [2.24, 2.45) is 0 Å². The van der Waals surface area contributed by atoms with Crippen molar-refractivity contribution in [2.45, 2.75) is 26.7 Å². The van der Waals surface area contributed by atoms with Gasteiger partial charge in [0.1, 0.15) is 5.65 Å². The van der Waals surface area contributed by atoms with Crippen molar-refractivity contribution in [2.75, 3.05) is 0 Å².